The van der Waals surface area contributed by atoms with Gasteiger partial charge >= 0.3 is 6.03 Å². The fraction of sp³-hybridized carbons (Fsp3) is 0.438. The van der Waals surface area contributed by atoms with Crippen LogP contribution in [-0.4, -0.2) is 33.4 Å². The van der Waals surface area contributed by atoms with E-state index in [0.717, 1.165) is 24.9 Å². The van der Waals surface area contributed by atoms with Gasteiger partial charge in [-0.25, -0.2) is 4.79 Å². The molecule has 0 saturated carbocycles. The third-order valence-electron chi connectivity index (χ3n) is 3.51. The molecular weight excluding hydrogens is 349 g/mol. The zero-order valence-electron chi connectivity index (χ0n) is 13.5. The average Bonchev–Trinajstić information content (AvgIpc) is 3.03. The van der Waals surface area contributed by atoms with Crippen LogP contribution >= 0.6 is 23.2 Å². The van der Waals surface area contributed by atoms with Crippen LogP contribution in [-0.2, 0) is 13.0 Å². The van der Waals surface area contributed by atoms with Crippen LogP contribution in [0, 0.1) is 0 Å². The molecule has 1 heterocycles. The van der Waals surface area contributed by atoms with Gasteiger partial charge in [0, 0.05) is 29.2 Å². The topological polar surface area (TPSA) is 71.8 Å². The highest BCUT2D eigenvalue weighted by molar-refractivity contribution is 6.35. The number of aromatic nitrogens is 3. The Morgan fingerprint density at radius 2 is 2.00 bits per heavy atom. The first-order valence-corrected chi connectivity index (χ1v) is 8.61. The Kier molecular flexibility index (Phi) is 7.34. The van der Waals surface area contributed by atoms with Crippen LogP contribution in [0.1, 0.15) is 25.3 Å². The van der Waals surface area contributed by atoms with Crippen LogP contribution in [0.15, 0.2) is 30.9 Å². The van der Waals surface area contributed by atoms with Crippen molar-refractivity contribution in [3.8, 4) is 0 Å². The summed E-state index contributed by atoms with van der Waals surface area (Å²) in [6, 6.07) is 5.19. The van der Waals surface area contributed by atoms with Crippen LogP contribution in [0.4, 0.5) is 4.79 Å². The molecule has 1 atom stereocenters. The number of nitrogens with one attached hydrogen (secondary N) is 2. The molecule has 0 radical (unpaired) electrons. The van der Waals surface area contributed by atoms with E-state index < -0.39 is 0 Å². The first kappa shape index (κ1) is 18.5. The molecule has 6 nitrogen and oxygen atoms in total. The molecule has 0 fully saturated rings. The third-order valence-corrected chi connectivity index (χ3v) is 4.10. The number of carbonyl (C=O) groups is 1. The highest BCUT2D eigenvalue weighted by Crippen LogP contribution is 2.22. The first-order valence-electron chi connectivity index (χ1n) is 7.85. The molecule has 0 spiro atoms. The molecule has 0 aliphatic carbocycles. The van der Waals surface area contributed by atoms with E-state index in [-0.39, 0.29) is 12.1 Å². The Labute approximate surface area is 151 Å². The summed E-state index contributed by atoms with van der Waals surface area (Å²) in [5.41, 5.74) is 0.961. The quantitative estimate of drug-likeness (QED) is 0.701. The van der Waals surface area contributed by atoms with E-state index in [1.165, 1.54) is 0 Å². The molecule has 1 aromatic carbocycles. The Bertz CT molecular complexity index is 648. The second-order valence-electron chi connectivity index (χ2n) is 5.65. The molecule has 8 heteroatoms. The number of unbranched alkanes of at least 4 members (excludes halogenated alkanes) is 1. The van der Waals surface area contributed by atoms with Crippen LogP contribution < -0.4 is 10.6 Å². The zero-order chi connectivity index (χ0) is 17.4. The standard InChI is InChI=1S/C16H21Cl2N5O/c1-12(8-13-4-5-14(17)9-15(13)18)22-16(24)19-6-2-3-7-23-10-20-21-11-23/h4-5,9-12H,2-3,6-8H2,1H3,(H2,19,22,24)/t12-/m1/s1. The fourth-order valence-electron chi connectivity index (χ4n) is 2.30. The summed E-state index contributed by atoms with van der Waals surface area (Å²) in [5, 5.41) is 14.5. The number of urea groups is 1. The van der Waals surface area contributed by atoms with Crippen LogP contribution in [0.2, 0.25) is 10.0 Å². The van der Waals surface area contributed by atoms with Crippen LogP contribution in [0.3, 0.4) is 0 Å². The van der Waals surface area contributed by atoms with Gasteiger partial charge in [-0.05, 0) is 43.9 Å². The zero-order valence-corrected chi connectivity index (χ0v) is 15.0. The van der Waals surface area contributed by atoms with Gasteiger partial charge in [-0.2, -0.15) is 0 Å². The molecule has 0 bridgehead atoms. The van der Waals surface area contributed by atoms with Gasteiger partial charge in [-0.3, -0.25) is 0 Å². The van der Waals surface area contributed by atoms with Gasteiger partial charge in [-0.1, -0.05) is 29.3 Å². The highest BCUT2D eigenvalue weighted by Gasteiger charge is 2.10. The number of rotatable bonds is 8. The van der Waals surface area contributed by atoms with Gasteiger partial charge in [-0.15, -0.1) is 10.2 Å². The SMILES string of the molecule is C[C@H](Cc1ccc(Cl)cc1Cl)NC(=O)NCCCCn1cnnc1. The Morgan fingerprint density at radius 1 is 1.25 bits per heavy atom. The smallest absolute Gasteiger partial charge is 0.315 e. The minimum atomic E-state index is -0.170. The number of benzene rings is 1. The van der Waals surface area contributed by atoms with Gasteiger partial charge in [0.25, 0.3) is 0 Å². The molecule has 0 saturated heterocycles. The van der Waals surface area contributed by atoms with Crippen molar-refractivity contribution in [1.29, 1.82) is 0 Å². The summed E-state index contributed by atoms with van der Waals surface area (Å²) >= 11 is 12.0. The normalized spacial score (nSPS) is 12.0. The molecule has 24 heavy (non-hydrogen) atoms. The number of halogens is 2. The van der Waals surface area contributed by atoms with E-state index in [1.54, 1.807) is 24.8 Å². The molecule has 1 aromatic heterocycles. The van der Waals surface area contributed by atoms with Crippen molar-refractivity contribution in [3.05, 3.63) is 46.5 Å². The molecule has 2 rings (SSSR count). The van der Waals surface area contributed by atoms with Gasteiger partial charge in [0.1, 0.15) is 12.7 Å². The predicted octanol–water partition coefficient (Wildman–Crippen LogP) is 3.30. The van der Waals surface area contributed by atoms with Crippen molar-refractivity contribution in [1.82, 2.24) is 25.4 Å². The number of amides is 2. The van der Waals surface area contributed by atoms with E-state index in [9.17, 15) is 4.79 Å². The molecule has 130 valence electrons. The number of carbonyl (C=O) groups excluding carboxylic acids is 1. The summed E-state index contributed by atoms with van der Waals surface area (Å²) in [4.78, 5) is 11.9. The van der Waals surface area contributed by atoms with Crippen molar-refractivity contribution in [2.45, 2.75) is 38.8 Å². The molecule has 0 unspecified atom stereocenters. The van der Waals surface area contributed by atoms with Crippen molar-refractivity contribution in [2.75, 3.05) is 6.54 Å². The maximum Gasteiger partial charge on any atom is 0.315 e. The lowest BCUT2D eigenvalue weighted by molar-refractivity contribution is 0.237. The Balaban J connectivity index is 1.62. The van der Waals surface area contributed by atoms with E-state index in [2.05, 4.69) is 20.8 Å². The maximum absolute atomic E-state index is 11.9. The maximum atomic E-state index is 11.9. The Morgan fingerprint density at radius 3 is 2.71 bits per heavy atom. The number of aryl methyl sites for hydroxylation is 1. The number of hydrogen-bond acceptors (Lipinski definition) is 3. The summed E-state index contributed by atoms with van der Waals surface area (Å²) in [6.45, 7) is 3.42. The van der Waals surface area contributed by atoms with E-state index >= 15 is 0 Å². The molecule has 2 aromatic rings. The highest BCUT2D eigenvalue weighted by atomic mass is 35.5. The lowest BCUT2D eigenvalue weighted by atomic mass is 10.1. The second kappa shape index (κ2) is 9.49. The fourth-order valence-corrected chi connectivity index (χ4v) is 2.79. The molecule has 0 aliphatic rings. The predicted molar refractivity (Wildman–Crippen MR) is 95.4 cm³/mol. The molecule has 2 N–H and O–H groups in total. The van der Waals surface area contributed by atoms with Crippen LogP contribution in [0.25, 0.3) is 0 Å². The monoisotopic (exact) mass is 369 g/mol. The summed E-state index contributed by atoms with van der Waals surface area (Å²) in [6.07, 6.45) is 5.86. The second-order valence-corrected chi connectivity index (χ2v) is 6.49. The lowest BCUT2D eigenvalue weighted by Gasteiger charge is -2.15. The molecule has 0 aliphatic heterocycles. The van der Waals surface area contributed by atoms with Gasteiger partial charge < -0.3 is 15.2 Å². The largest absolute Gasteiger partial charge is 0.338 e. The van der Waals surface area contributed by atoms with E-state index in [1.807, 2.05) is 17.6 Å². The van der Waals surface area contributed by atoms with E-state index in [0.29, 0.717) is 23.0 Å². The van der Waals surface area contributed by atoms with Crippen LogP contribution in [0.5, 0.6) is 0 Å². The van der Waals surface area contributed by atoms with Crippen molar-refractivity contribution >= 4 is 29.2 Å². The summed E-state index contributed by atoms with van der Waals surface area (Å²) in [7, 11) is 0. The molecular formula is C16H21Cl2N5O. The summed E-state index contributed by atoms with van der Waals surface area (Å²) in [5.74, 6) is 0. The minimum absolute atomic E-state index is 0.0271. The first-order chi connectivity index (χ1) is 11.5. The number of nitrogens with zero attached hydrogens (tertiary/aromatic N) is 3. The Hall–Kier alpha value is -1.79. The van der Waals surface area contributed by atoms with Crippen molar-refractivity contribution in [2.24, 2.45) is 0 Å². The number of hydrogen-bond donors (Lipinski definition) is 2. The third kappa shape index (κ3) is 6.37. The van der Waals surface area contributed by atoms with Gasteiger partial charge in [0.2, 0.25) is 0 Å². The van der Waals surface area contributed by atoms with E-state index in [4.69, 9.17) is 23.2 Å². The lowest BCUT2D eigenvalue weighted by Crippen LogP contribution is -2.42. The molecule has 2 amide bonds. The van der Waals surface area contributed by atoms with Gasteiger partial charge in [0.05, 0.1) is 0 Å². The summed E-state index contributed by atoms with van der Waals surface area (Å²) < 4.78 is 1.91. The minimum Gasteiger partial charge on any atom is -0.338 e. The van der Waals surface area contributed by atoms with Gasteiger partial charge in [0.15, 0.2) is 0 Å². The van der Waals surface area contributed by atoms with Crippen molar-refractivity contribution < 1.29 is 4.79 Å². The van der Waals surface area contributed by atoms with Crippen molar-refractivity contribution in [3.63, 3.8) is 0 Å². The average molecular weight is 370 g/mol.